The lowest BCUT2D eigenvalue weighted by Crippen LogP contribution is -2.16. The Bertz CT molecular complexity index is 373. The van der Waals surface area contributed by atoms with Crippen LogP contribution in [0.15, 0.2) is 22.7 Å². The number of hydrogen-bond donors (Lipinski definition) is 0. The Morgan fingerprint density at radius 2 is 2.44 bits per heavy atom. The third kappa shape index (κ3) is 2.83. The molecular formula is C12H13BrO3. The summed E-state index contributed by atoms with van der Waals surface area (Å²) in [5.41, 5.74) is 0.602. The molecule has 16 heavy (non-hydrogen) atoms. The third-order valence-corrected chi connectivity index (χ3v) is 3.28. The minimum atomic E-state index is 0.198. The van der Waals surface area contributed by atoms with Crippen LogP contribution in [-0.2, 0) is 4.74 Å². The Balaban J connectivity index is 1.95. The summed E-state index contributed by atoms with van der Waals surface area (Å²) in [7, 11) is 0. The van der Waals surface area contributed by atoms with Crippen LogP contribution >= 0.6 is 15.9 Å². The van der Waals surface area contributed by atoms with E-state index in [1.54, 1.807) is 6.07 Å². The number of benzene rings is 1. The van der Waals surface area contributed by atoms with Crippen molar-refractivity contribution in [1.82, 2.24) is 0 Å². The first-order chi connectivity index (χ1) is 7.79. The van der Waals surface area contributed by atoms with Crippen LogP contribution in [0.3, 0.4) is 0 Å². The van der Waals surface area contributed by atoms with E-state index in [2.05, 4.69) is 15.9 Å². The number of rotatable bonds is 4. The maximum absolute atomic E-state index is 10.7. The van der Waals surface area contributed by atoms with Crippen LogP contribution in [0.4, 0.5) is 0 Å². The molecule has 1 aromatic carbocycles. The highest BCUT2D eigenvalue weighted by Crippen LogP contribution is 2.22. The number of ether oxygens (including phenoxy) is 2. The van der Waals surface area contributed by atoms with Crippen molar-refractivity contribution in [3.63, 3.8) is 0 Å². The Hall–Kier alpha value is -0.870. The minimum absolute atomic E-state index is 0.198. The highest BCUT2D eigenvalue weighted by molar-refractivity contribution is 9.10. The van der Waals surface area contributed by atoms with Crippen molar-refractivity contribution in [2.45, 2.75) is 18.9 Å². The molecule has 86 valence electrons. The summed E-state index contributed by atoms with van der Waals surface area (Å²) in [6.45, 7) is 1.38. The van der Waals surface area contributed by atoms with Crippen LogP contribution in [0, 0.1) is 0 Å². The van der Waals surface area contributed by atoms with Gasteiger partial charge in [-0.1, -0.05) is 15.9 Å². The SMILES string of the molecule is O=Cc1cc(OCC2CCCO2)ccc1Br. The molecule has 0 aromatic heterocycles. The molecule has 1 heterocycles. The highest BCUT2D eigenvalue weighted by Gasteiger charge is 2.16. The molecule has 0 spiro atoms. The lowest BCUT2D eigenvalue weighted by molar-refractivity contribution is 0.0679. The fourth-order valence-electron chi connectivity index (χ4n) is 1.67. The van der Waals surface area contributed by atoms with Gasteiger partial charge < -0.3 is 9.47 Å². The first kappa shape index (κ1) is 11.6. The Labute approximate surface area is 103 Å². The number of carbonyl (C=O) groups excluding carboxylic acids is 1. The Morgan fingerprint density at radius 1 is 1.56 bits per heavy atom. The van der Waals surface area contributed by atoms with Crippen molar-refractivity contribution in [2.24, 2.45) is 0 Å². The van der Waals surface area contributed by atoms with Gasteiger partial charge in [-0.2, -0.15) is 0 Å². The zero-order valence-electron chi connectivity index (χ0n) is 8.82. The van der Waals surface area contributed by atoms with Gasteiger partial charge in [0.1, 0.15) is 12.4 Å². The smallest absolute Gasteiger partial charge is 0.151 e. The lowest BCUT2D eigenvalue weighted by atomic mass is 10.2. The van der Waals surface area contributed by atoms with Crippen LogP contribution in [0.1, 0.15) is 23.2 Å². The van der Waals surface area contributed by atoms with Crippen LogP contribution in [0.25, 0.3) is 0 Å². The fraction of sp³-hybridized carbons (Fsp3) is 0.417. The van der Waals surface area contributed by atoms with Crippen LogP contribution < -0.4 is 4.74 Å². The van der Waals surface area contributed by atoms with Crippen LogP contribution in [0.5, 0.6) is 5.75 Å². The van der Waals surface area contributed by atoms with Gasteiger partial charge in [0.15, 0.2) is 6.29 Å². The molecule has 4 heteroatoms. The molecular weight excluding hydrogens is 272 g/mol. The number of halogens is 1. The molecule has 3 nitrogen and oxygen atoms in total. The predicted octanol–water partition coefficient (Wildman–Crippen LogP) is 2.82. The van der Waals surface area contributed by atoms with Crippen molar-refractivity contribution in [3.05, 3.63) is 28.2 Å². The second-order valence-electron chi connectivity index (χ2n) is 3.75. The lowest BCUT2D eigenvalue weighted by Gasteiger charge is -2.11. The van der Waals surface area contributed by atoms with Crippen LogP contribution in [0.2, 0.25) is 0 Å². The molecule has 1 aliphatic heterocycles. The summed E-state index contributed by atoms with van der Waals surface area (Å²) in [6, 6.07) is 5.38. The molecule has 1 saturated heterocycles. The van der Waals surface area contributed by atoms with E-state index in [4.69, 9.17) is 9.47 Å². The van der Waals surface area contributed by atoms with E-state index in [-0.39, 0.29) is 6.10 Å². The summed E-state index contributed by atoms with van der Waals surface area (Å²) in [5, 5.41) is 0. The number of carbonyl (C=O) groups is 1. The zero-order valence-corrected chi connectivity index (χ0v) is 10.4. The molecule has 0 bridgehead atoms. The first-order valence-corrected chi connectivity index (χ1v) is 6.08. The second kappa shape index (κ2) is 5.46. The van der Waals surface area contributed by atoms with Gasteiger partial charge in [-0.15, -0.1) is 0 Å². The van der Waals surface area contributed by atoms with E-state index in [9.17, 15) is 4.79 Å². The average Bonchev–Trinajstić information content (AvgIpc) is 2.81. The molecule has 1 fully saturated rings. The molecule has 1 aromatic rings. The molecule has 0 saturated carbocycles. The number of aldehydes is 1. The van der Waals surface area contributed by atoms with E-state index in [1.807, 2.05) is 12.1 Å². The van der Waals surface area contributed by atoms with E-state index in [1.165, 1.54) is 0 Å². The van der Waals surface area contributed by atoms with Crippen molar-refractivity contribution in [2.75, 3.05) is 13.2 Å². The molecule has 0 aliphatic carbocycles. The van der Waals surface area contributed by atoms with Crippen molar-refractivity contribution in [1.29, 1.82) is 0 Å². The predicted molar refractivity (Wildman–Crippen MR) is 64.0 cm³/mol. The molecule has 1 atom stereocenters. The number of hydrogen-bond acceptors (Lipinski definition) is 3. The van der Waals surface area contributed by atoms with Gasteiger partial charge in [-0.25, -0.2) is 0 Å². The Morgan fingerprint density at radius 3 is 3.12 bits per heavy atom. The molecule has 1 unspecified atom stereocenters. The van der Waals surface area contributed by atoms with E-state index >= 15 is 0 Å². The minimum Gasteiger partial charge on any atom is -0.491 e. The second-order valence-corrected chi connectivity index (χ2v) is 4.60. The normalized spacial score (nSPS) is 19.7. The zero-order chi connectivity index (χ0) is 11.4. The van der Waals surface area contributed by atoms with Gasteiger partial charge in [0.2, 0.25) is 0 Å². The molecule has 0 amide bonds. The molecule has 2 rings (SSSR count). The fourth-order valence-corrected chi connectivity index (χ4v) is 2.01. The first-order valence-electron chi connectivity index (χ1n) is 5.29. The van der Waals surface area contributed by atoms with Gasteiger partial charge in [-0.3, -0.25) is 4.79 Å². The van der Waals surface area contributed by atoms with Crippen molar-refractivity contribution < 1.29 is 14.3 Å². The van der Waals surface area contributed by atoms with Gasteiger partial charge in [-0.05, 0) is 31.0 Å². The van der Waals surface area contributed by atoms with E-state index < -0.39 is 0 Å². The van der Waals surface area contributed by atoms with E-state index in [0.29, 0.717) is 17.9 Å². The summed E-state index contributed by atoms with van der Waals surface area (Å²) in [6.07, 6.45) is 3.16. The van der Waals surface area contributed by atoms with E-state index in [0.717, 1.165) is 30.2 Å². The highest BCUT2D eigenvalue weighted by atomic mass is 79.9. The van der Waals surface area contributed by atoms with Crippen LogP contribution in [-0.4, -0.2) is 25.6 Å². The molecule has 0 radical (unpaired) electrons. The van der Waals surface area contributed by atoms with Gasteiger partial charge >= 0.3 is 0 Å². The summed E-state index contributed by atoms with van der Waals surface area (Å²) in [4.78, 5) is 10.7. The topological polar surface area (TPSA) is 35.5 Å². The monoisotopic (exact) mass is 284 g/mol. The molecule has 0 N–H and O–H groups in total. The van der Waals surface area contributed by atoms with Gasteiger partial charge in [0.05, 0.1) is 6.10 Å². The summed E-state index contributed by atoms with van der Waals surface area (Å²) >= 11 is 3.30. The summed E-state index contributed by atoms with van der Waals surface area (Å²) in [5.74, 6) is 0.709. The third-order valence-electron chi connectivity index (χ3n) is 2.55. The molecule has 1 aliphatic rings. The quantitative estimate of drug-likeness (QED) is 0.798. The summed E-state index contributed by atoms with van der Waals surface area (Å²) < 4.78 is 11.8. The average molecular weight is 285 g/mol. The largest absolute Gasteiger partial charge is 0.491 e. The maximum Gasteiger partial charge on any atom is 0.151 e. The maximum atomic E-state index is 10.7. The van der Waals surface area contributed by atoms with Gasteiger partial charge in [0, 0.05) is 16.6 Å². The van der Waals surface area contributed by atoms with Gasteiger partial charge in [0.25, 0.3) is 0 Å². The standard InChI is InChI=1S/C12H13BrO3/c13-12-4-3-10(6-9(12)7-14)16-8-11-2-1-5-15-11/h3-4,6-7,11H,1-2,5,8H2. The van der Waals surface area contributed by atoms with Crippen molar-refractivity contribution >= 4 is 22.2 Å². The Kier molecular flexibility index (Phi) is 3.96. The van der Waals surface area contributed by atoms with Crippen molar-refractivity contribution in [3.8, 4) is 5.75 Å².